The molecule has 3 rings (SSSR count). The van der Waals surface area contributed by atoms with Gasteiger partial charge in [-0.1, -0.05) is 52.7 Å². The molecule has 3 aromatic rings. The number of anilines is 1. The number of hydrogen-bond donors (Lipinski definition) is 2. The van der Waals surface area contributed by atoms with Crippen LogP contribution < -0.4 is 10.6 Å². The fourth-order valence-corrected chi connectivity index (χ4v) is 4.01. The summed E-state index contributed by atoms with van der Waals surface area (Å²) >= 11 is 13.1. The summed E-state index contributed by atoms with van der Waals surface area (Å²) in [5, 5.41) is 15.4. The van der Waals surface area contributed by atoms with E-state index in [2.05, 4.69) is 20.8 Å². The number of hydrogen-bond acceptors (Lipinski definition) is 5. The van der Waals surface area contributed by atoms with Crippen molar-refractivity contribution in [1.29, 1.82) is 0 Å². The summed E-state index contributed by atoms with van der Waals surface area (Å²) in [6, 6.07) is 10.6. The molecule has 2 N–H and O–H groups in total. The van der Waals surface area contributed by atoms with Gasteiger partial charge in [0.15, 0.2) is 5.16 Å². The Bertz CT molecular complexity index is 1150. The molecule has 0 saturated heterocycles. The lowest BCUT2D eigenvalue weighted by Crippen LogP contribution is -2.26. The summed E-state index contributed by atoms with van der Waals surface area (Å²) in [6.07, 6.45) is 0.492. The maximum atomic E-state index is 12.3. The minimum Gasteiger partial charge on any atom is -0.352 e. The van der Waals surface area contributed by atoms with Gasteiger partial charge >= 0.3 is 0 Å². The smallest absolute Gasteiger partial charge is 0.251 e. The van der Waals surface area contributed by atoms with E-state index in [9.17, 15) is 9.59 Å². The number of aromatic nitrogens is 3. The van der Waals surface area contributed by atoms with Crippen LogP contribution in [0.15, 0.2) is 41.6 Å². The quantitative estimate of drug-likeness (QED) is 0.454. The lowest BCUT2D eigenvalue weighted by atomic mass is 10.1. The molecule has 0 unspecified atom stereocenters. The van der Waals surface area contributed by atoms with Gasteiger partial charge in [0.2, 0.25) is 5.91 Å². The minimum atomic E-state index is -0.247. The number of halogens is 2. The van der Waals surface area contributed by atoms with Gasteiger partial charge in [0.25, 0.3) is 5.91 Å². The number of nitrogens with one attached hydrogen (secondary N) is 2. The van der Waals surface area contributed by atoms with Gasteiger partial charge in [0.1, 0.15) is 5.82 Å². The molecule has 2 amide bonds. The van der Waals surface area contributed by atoms with Crippen LogP contribution in [0.25, 0.3) is 0 Å². The molecule has 0 aliphatic carbocycles. The molecule has 1 aromatic heterocycles. The average molecular weight is 492 g/mol. The molecule has 2 aromatic carbocycles. The second-order valence-electron chi connectivity index (χ2n) is 7.25. The maximum Gasteiger partial charge on any atom is 0.251 e. The third kappa shape index (κ3) is 6.25. The number of carbonyl (C=O) groups excluding carboxylic acids is 2. The molecule has 0 bridgehead atoms. The molecule has 32 heavy (non-hydrogen) atoms. The van der Waals surface area contributed by atoms with Gasteiger partial charge in [-0.25, -0.2) is 0 Å². The Morgan fingerprint density at radius 1 is 1.06 bits per heavy atom. The van der Waals surface area contributed by atoms with Gasteiger partial charge in [-0.3, -0.25) is 9.59 Å². The Hall–Kier alpha value is -2.55. The Labute approximate surface area is 200 Å². The van der Waals surface area contributed by atoms with E-state index in [1.54, 1.807) is 12.1 Å². The van der Waals surface area contributed by atoms with Crippen molar-refractivity contribution in [2.45, 2.75) is 25.4 Å². The van der Waals surface area contributed by atoms with E-state index in [1.165, 1.54) is 17.8 Å². The van der Waals surface area contributed by atoms with Gasteiger partial charge in [-0.05, 0) is 43.7 Å². The summed E-state index contributed by atoms with van der Waals surface area (Å²) in [6.45, 7) is 4.35. The highest BCUT2D eigenvalue weighted by Gasteiger charge is 2.13. The summed E-state index contributed by atoms with van der Waals surface area (Å²) in [4.78, 5) is 24.6. The molecular weight excluding hydrogens is 469 g/mol. The molecule has 10 heteroatoms. The van der Waals surface area contributed by atoms with Crippen LogP contribution in [-0.4, -0.2) is 38.9 Å². The molecule has 0 spiro atoms. The monoisotopic (exact) mass is 491 g/mol. The minimum absolute atomic E-state index is 0.111. The molecule has 0 radical (unpaired) electrons. The van der Waals surface area contributed by atoms with Crippen molar-refractivity contribution in [3.63, 3.8) is 0 Å². The first-order valence-corrected chi connectivity index (χ1v) is 11.6. The highest BCUT2D eigenvalue weighted by atomic mass is 35.5. The fourth-order valence-electron chi connectivity index (χ4n) is 2.99. The van der Waals surface area contributed by atoms with Gasteiger partial charge < -0.3 is 15.2 Å². The molecule has 0 aliphatic heterocycles. The topological polar surface area (TPSA) is 88.9 Å². The van der Waals surface area contributed by atoms with Crippen LogP contribution in [0.2, 0.25) is 10.0 Å². The van der Waals surface area contributed by atoms with E-state index < -0.39 is 0 Å². The van der Waals surface area contributed by atoms with Gasteiger partial charge in [-0.15, -0.1) is 10.2 Å². The Morgan fingerprint density at radius 2 is 1.84 bits per heavy atom. The Kier molecular flexibility index (Phi) is 8.17. The van der Waals surface area contributed by atoms with Crippen LogP contribution >= 0.6 is 35.0 Å². The second-order valence-corrected chi connectivity index (χ2v) is 9.00. The molecule has 0 atom stereocenters. The van der Waals surface area contributed by atoms with Gasteiger partial charge in [-0.2, -0.15) is 0 Å². The number of amides is 2. The van der Waals surface area contributed by atoms with Crippen molar-refractivity contribution in [1.82, 2.24) is 20.1 Å². The number of rotatable bonds is 8. The van der Waals surface area contributed by atoms with Crippen LogP contribution in [0, 0.1) is 13.8 Å². The number of benzene rings is 2. The van der Waals surface area contributed by atoms with Crippen molar-refractivity contribution >= 4 is 52.5 Å². The van der Waals surface area contributed by atoms with E-state index in [0.29, 0.717) is 39.6 Å². The first kappa shape index (κ1) is 24.1. The van der Waals surface area contributed by atoms with Gasteiger partial charge in [0.05, 0.1) is 15.8 Å². The van der Waals surface area contributed by atoms with E-state index in [0.717, 1.165) is 16.8 Å². The Morgan fingerprint density at radius 3 is 2.56 bits per heavy atom. The number of thioether (sulfide) groups is 1. The highest BCUT2D eigenvalue weighted by Crippen LogP contribution is 2.22. The maximum absolute atomic E-state index is 12.3. The normalized spacial score (nSPS) is 10.8. The van der Waals surface area contributed by atoms with E-state index in [1.807, 2.05) is 43.7 Å². The van der Waals surface area contributed by atoms with Crippen LogP contribution in [0.4, 0.5) is 5.69 Å². The number of nitrogens with zero attached hydrogens (tertiary/aromatic N) is 3. The lowest BCUT2D eigenvalue weighted by Gasteiger charge is -2.09. The van der Waals surface area contributed by atoms with Crippen LogP contribution in [0.1, 0.15) is 27.3 Å². The second kappa shape index (κ2) is 10.8. The molecule has 7 nitrogen and oxygen atoms in total. The van der Waals surface area contributed by atoms with Crippen LogP contribution in [0.3, 0.4) is 0 Å². The molecule has 0 fully saturated rings. The summed E-state index contributed by atoms with van der Waals surface area (Å²) in [5.74, 6) is 0.563. The third-order valence-electron chi connectivity index (χ3n) is 4.73. The largest absolute Gasteiger partial charge is 0.352 e. The predicted octanol–water partition coefficient (Wildman–Crippen LogP) is 4.44. The standard InChI is InChI=1S/C22H23Cl2N5O2S/c1-13-4-7-18(14(2)10-13)26-20(30)12-32-22-28-27-19(29(22)3)8-9-25-21(31)15-5-6-16(23)17(24)11-15/h4-7,10-11H,8-9,12H2,1-3H3,(H,25,31)(H,26,30). The third-order valence-corrected chi connectivity index (χ3v) is 6.49. The zero-order valence-electron chi connectivity index (χ0n) is 17.9. The Balaban J connectivity index is 1.48. The van der Waals surface area contributed by atoms with Crippen molar-refractivity contribution in [2.75, 3.05) is 17.6 Å². The summed E-state index contributed by atoms with van der Waals surface area (Å²) in [5.41, 5.74) is 3.41. The summed E-state index contributed by atoms with van der Waals surface area (Å²) in [7, 11) is 1.83. The van der Waals surface area contributed by atoms with Crippen LogP contribution in [0.5, 0.6) is 0 Å². The SMILES string of the molecule is Cc1ccc(NC(=O)CSc2nnc(CCNC(=O)c3ccc(Cl)c(Cl)c3)n2C)c(C)c1. The van der Waals surface area contributed by atoms with E-state index >= 15 is 0 Å². The van der Waals surface area contributed by atoms with Crippen molar-refractivity contribution < 1.29 is 9.59 Å². The van der Waals surface area contributed by atoms with Crippen LogP contribution in [-0.2, 0) is 18.3 Å². The average Bonchev–Trinajstić information content (AvgIpc) is 3.10. The molecule has 168 valence electrons. The van der Waals surface area contributed by atoms with E-state index in [-0.39, 0.29) is 17.6 Å². The fraction of sp³-hybridized carbons (Fsp3) is 0.273. The number of aryl methyl sites for hydroxylation is 2. The van der Waals surface area contributed by atoms with Crippen molar-refractivity contribution in [3.05, 3.63) is 69.0 Å². The summed E-state index contributed by atoms with van der Waals surface area (Å²) < 4.78 is 1.82. The van der Waals surface area contributed by atoms with Crippen molar-refractivity contribution in [2.24, 2.45) is 7.05 Å². The van der Waals surface area contributed by atoms with E-state index in [4.69, 9.17) is 23.2 Å². The zero-order valence-corrected chi connectivity index (χ0v) is 20.2. The zero-order chi connectivity index (χ0) is 23.3. The first-order valence-electron chi connectivity index (χ1n) is 9.86. The number of carbonyl (C=O) groups is 2. The van der Waals surface area contributed by atoms with Gasteiger partial charge in [0, 0.05) is 31.3 Å². The molecule has 0 aliphatic rings. The molecule has 0 saturated carbocycles. The molecule has 1 heterocycles. The molecular formula is C22H23Cl2N5O2S. The lowest BCUT2D eigenvalue weighted by molar-refractivity contribution is -0.113. The first-order chi connectivity index (χ1) is 15.2. The highest BCUT2D eigenvalue weighted by molar-refractivity contribution is 7.99. The predicted molar refractivity (Wildman–Crippen MR) is 129 cm³/mol. The van der Waals surface area contributed by atoms with Crippen molar-refractivity contribution in [3.8, 4) is 0 Å².